The zero-order valence-electron chi connectivity index (χ0n) is 41.7. The van der Waals surface area contributed by atoms with Crippen molar-refractivity contribution in [1.82, 2.24) is 5.32 Å². The van der Waals surface area contributed by atoms with Gasteiger partial charge in [-0.15, -0.1) is 0 Å². The lowest BCUT2D eigenvalue weighted by atomic mass is 10.0. The third-order valence-corrected chi connectivity index (χ3v) is 12.6. The molecule has 0 spiro atoms. The van der Waals surface area contributed by atoms with Gasteiger partial charge in [0.15, 0.2) is 0 Å². The first kappa shape index (κ1) is 61.4. The second-order valence-electron chi connectivity index (χ2n) is 19.0. The molecular formula is C53H102N2O7P+. The first-order chi connectivity index (χ1) is 30.4. The van der Waals surface area contributed by atoms with Crippen LogP contribution in [-0.4, -0.2) is 84.6 Å². The Hall–Kier alpha value is -1.58. The van der Waals surface area contributed by atoms with Gasteiger partial charge in [0.05, 0.1) is 39.9 Å². The number of rotatable bonds is 47. The van der Waals surface area contributed by atoms with Gasteiger partial charge in [-0.05, 0) is 77.0 Å². The average molecular weight is 910 g/mol. The molecule has 4 N–H and O–H groups in total. The van der Waals surface area contributed by atoms with Gasteiger partial charge in [0.2, 0.25) is 5.91 Å². The molecule has 0 radical (unpaired) electrons. The number of allylic oxidation sites excluding steroid dienone is 8. The van der Waals surface area contributed by atoms with Gasteiger partial charge in [-0.1, -0.05) is 191 Å². The number of nitrogens with one attached hydrogen (secondary N) is 1. The normalized spacial score (nSPS) is 15.0. The van der Waals surface area contributed by atoms with Crippen molar-refractivity contribution in [3.05, 3.63) is 48.6 Å². The van der Waals surface area contributed by atoms with Crippen LogP contribution in [0.5, 0.6) is 0 Å². The van der Waals surface area contributed by atoms with Crippen LogP contribution in [0, 0.1) is 0 Å². The van der Waals surface area contributed by atoms with Crippen LogP contribution in [0.2, 0.25) is 0 Å². The molecule has 1 amide bonds. The molecule has 0 aliphatic carbocycles. The summed E-state index contributed by atoms with van der Waals surface area (Å²) in [5.74, 6) is -0.271. The minimum Gasteiger partial charge on any atom is -0.390 e. The fourth-order valence-electron chi connectivity index (χ4n) is 7.44. The minimum absolute atomic E-state index is 0.0150. The van der Waals surface area contributed by atoms with E-state index in [1.165, 1.54) is 141 Å². The van der Waals surface area contributed by atoms with Gasteiger partial charge < -0.3 is 24.9 Å². The molecular weight excluding hydrogens is 808 g/mol. The van der Waals surface area contributed by atoms with E-state index in [1.54, 1.807) is 0 Å². The molecule has 0 fully saturated rings. The Bertz CT molecular complexity index is 1180. The molecule has 4 atom stereocenters. The number of aliphatic hydroxyl groups is 2. The molecule has 0 aromatic carbocycles. The van der Waals surface area contributed by atoms with Gasteiger partial charge in [-0.3, -0.25) is 13.8 Å². The summed E-state index contributed by atoms with van der Waals surface area (Å²) in [5.41, 5.74) is 0. The average Bonchev–Trinajstić information content (AvgIpc) is 3.24. The predicted octanol–water partition coefficient (Wildman–Crippen LogP) is 14.2. The quantitative estimate of drug-likeness (QED) is 0.0207. The van der Waals surface area contributed by atoms with E-state index >= 15 is 0 Å². The zero-order chi connectivity index (χ0) is 46.5. The summed E-state index contributed by atoms with van der Waals surface area (Å²) >= 11 is 0. The smallest absolute Gasteiger partial charge is 0.390 e. The molecule has 10 heteroatoms. The Morgan fingerprint density at radius 2 is 0.937 bits per heavy atom. The van der Waals surface area contributed by atoms with Crippen LogP contribution in [-0.2, 0) is 18.4 Å². The molecule has 0 aromatic rings. The van der Waals surface area contributed by atoms with Crippen LogP contribution in [0.1, 0.15) is 226 Å². The SMILES string of the molecule is CCCCCCC/C=C\C/C=C\C/C=C\CCCCCCCCCCCCCCC(=O)NC(COP(=O)(O)OCC[N+](C)(C)C)C(O)C(O)CCC/C=C/CCCCCCCCC. The molecule has 63 heavy (non-hydrogen) atoms. The maximum atomic E-state index is 13.0. The summed E-state index contributed by atoms with van der Waals surface area (Å²) < 4.78 is 23.5. The van der Waals surface area contributed by atoms with Crippen LogP contribution in [0.25, 0.3) is 0 Å². The molecule has 0 rings (SSSR count). The van der Waals surface area contributed by atoms with Crippen molar-refractivity contribution in [2.75, 3.05) is 40.9 Å². The lowest BCUT2D eigenvalue weighted by Gasteiger charge is -2.28. The number of unbranched alkanes of at least 4 members (excludes halogenated alkanes) is 25. The third kappa shape index (κ3) is 45.4. The maximum absolute atomic E-state index is 13.0. The number of quaternary nitrogens is 1. The Morgan fingerprint density at radius 1 is 0.556 bits per heavy atom. The summed E-state index contributed by atoms with van der Waals surface area (Å²) in [5, 5.41) is 24.7. The second kappa shape index (κ2) is 44.3. The van der Waals surface area contributed by atoms with Gasteiger partial charge >= 0.3 is 7.82 Å². The molecule has 0 heterocycles. The van der Waals surface area contributed by atoms with Crippen molar-refractivity contribution in [3.8, 4) is 0 Å². The number of carbonyl (C=O) groups excluding carboxylic acids is 1. The molecule has 9 nitrogen and oxygen atoms in total. The Kier molecular flexibility index (Phi) is 43.2. The van der Waals surface area contributed by atoms with Crippen LogP contribution in [0.3, 0.4) is 0 Å². The van der Waals surface area contributed by atoms with Crippen LogP contribution in [0.15, 0.2) is 48.6 Å². The number of aliphatic hydroxyl groups excluding tert-OH is 2. The number of amides is 1. The summed E-state index contributed by atoms with van der Waals surface area (Å²) in [4.78, 5) is 23.3. The van der Waals surface area contributed by atoms with E-state index in [4.69, 9.17) is 9.05 Å². The van der Waals surface area contributed by atoms with Gasteiger partial charge in [0.25, 0.3) is 0 Å². The number of likely N-dealkylation sites (N-methyl/N-ethyl adjacent to an activating group) is 1. The van der Waals surface area contributed by atoms with E-state index in [1.807, 2.05) is 21.1 Å². The van der Waals surface area contributed by atoms with Gasteiger partial charge in [0.1, 0.15) is 19.3 Å². The predicted molar refractivity (Wildman–Crippen MR) is 269 cm³/mol. The lowest BCUT2D eigenvalue weighted by Crippen LogP contribution is -2.51. The highest BCUT2D eigenvalue weighted by Gasteiger charge is 2.31. The number of hydrogen-bond acceptors (Lipinski definition) is 6. The highest BCUT2D eigenvalue weighted by atomic mass is 31.2. The minimum atomic E-state index is -4.43. The van der Waals surface area contributed by atoms with E-state index in [0.29, 0.717) is 23.9 Å². The zero-order valence-corrected chi connectivity index (χ0v) is 42.6. The topological polar surface area (TPSA) is 125 Å². The van der Waals surface area contributed by atoms with Gasteiger partial charge in [-0.25, -0.2) is 4.57 Å². The van der Waals surface area contributed by atoms with Crippen molar-refractivity contribution in [2.45, 2.75) is 244 Å². The molecule has 370 valence electrons. The van der Waals surface area contributed by atoms with Crippen molar-refractivity contribution in [2.24, 2.45) is 0 Å². The maximum Gasteiger partial charge on any atom is 0.472 e. The number of hydrogen-bond donors (Lipinski definition) is 4. The van der Waals surface area contributed by atoms with Crippen LogP contribution < -0.4 is 5.32 Å². The van der Waals surface area contributed by atoms with Crippen LogP contribution in [0.4, 0.5) is 0 Å². The standard InChI is InChI=1S/C53H101N2O7P/c1-6-8-10-12-14-16-18-20-21-22-23-24-25-26-27-28-29-30-31-32-33-34-36-38-40-42-44-46-52(57)54-50(49-62-63(59,60)61-48-47-55(3,4)5)53(58)51(56)45-43-41-39-37-35-19-17-15-13-11-9-7-2/h18,20,22-23,25-26,37,39,50-51,53,56,58H,6-17,19,21,24,27-36,38,40-49H2,1-5H3,(H-,54,57,59,60)/p+1/b20-18-,23-22-,26-25-,39-37+. The Labute approximate surface area is 389 Å². The second-order valence-corrected chi connectivity index (χ2v) is 20.5. The highest BCUT2D eigenvalue weighted by Crippen LogP contribution is 2.43. The van der Waals surface area contributed by atoms with Crippen molar-refractivity contribution in [3.63, 3.8) is 0 Å². The summed E-state index contributed by atoms with van der Waals surface area (Å²) in [6.07, 6.45) is 53.3. The summed E-state index contributed by atoms with van der Waals surface area (Å²) in [6, 6.07) is -1.05. The lowest BCUT2D eigenvalue weighted by molar-refractivity contribution is -0.870. The fraction of sp³-hybridized carbons (Fsp3) is 0.830. The number of nitrogens with zero attached hydrogens (tertiary/aromatic N) is 1. The van der Waals surface area contributed by atoms with Gasteiger partial charge in [0, 0.05) is 6.42 Å². The largest absolute Gasteiger partial charge is 0.472 e. The number of phosphoric ester groups is 1. The summed E-state index contributed by atoms with van der Waals surface area (Å²) in [7, 11) is 1.41. The Morgan fingerprint density at radius 3 is 1.38 bits per heavy atom. The molecule has 0 saturated carbocycles. The number of carbonyl (C=O) groups is 1. The molecule has 0 aliphatic rings. The van der Waals surface area contributed by atoms with Gasteiger partial charge in [-0.2, -0.15) is 0 Å². The van der Waals surface area contributed by atoms with E-state index in [0.717, 1.165) is 51.4 Å². The molecule has 0 aromatic heterocycles. The summed E-state index contributed by atoms with van der Waals surface area (Å²) in [6.45, 7) is 4.56. The molecule has 0 saturated heterocycles. The highest BCUT2D eigenvalue weighted by molar-refractivity contribution is 7.47. The first-order valence-electron chi connectivity index (χ1n) is 26.1. The number of phosphoric acid groups is 1. The molecule has 0 bridgehead atoms. The Balaban J connectivity index is 4.28. The molecule has 0 aliphatic heterocycles. The fourth-order valence-corrected chi connectivity index (χ4v) is 8.18. The van der Waals surface area contributed by atoms with E-state index in [9.17, 15) is 24.5 Å². The van der Waals surface area contributed by atoms with Crippen molar-refractivity contribution in [1.29, 1.82) is 0 Å². The van der Waals surface area contributed by atoms with Crippen LogP contribution >= 0.6 is 7.82 Å². The first-order valence-corrected chi connectivity index (χ1v) is 27.6. The monoisotopic (exact) mass is 910 g/mol. The molecule has 4 unspecified atom stereocenters. The van der Waals surface area contributed by atoms with Crippen molar-refractivity contribution >= 4 is 13.7 Å². The van der Waals surface area contributed by atoms with Crippen molar-refractivity contribution < 1.29 is 38.0 Å². The van der Waals surface area contributed by atoms with E-state index in [-0.39, 0.29) is 18.9 Å². The third-order valence-electron chi connectivity index (χ3n) is 11.6. The van der Waals surface area contributed by atoms with E-state index in [2.05, 4.69) is 67.8 Å². The van der Waals surface area contributed by atoms with E-state index < -0.39 is 32.7 Å².